The highest BCUT2D eigenvalue weighted by Crippen LogP contribution is 2.28. The summed E-state index contributed by atoms with van der Waals surface area (Å²) in [6, 6.07) is 9.20. The van der Waals surface area contributed by atoms with Gasteiger partial charge in [-0.05, 0) is 36.4 Å². The van der Waals surface area contributed by atoms with Crippen LogP contribution < -0.4 is 14.8 Å². The Morgan fingerprint density at radius 1 is 1.22 bits per heavy atom. The number of anilines is 1. The molecule has 1 amide bonds. The van der Waals surface area contributed by atoms with Gasteiger partial charge < -0.3 is 14.8 Å². The van der Waals surface area contributed by atoms with Crippen molar-refractivity contribution in [3.8, 4) is 11.5 Å². The van der Waals surface area contributed by atoms with Crippen LogP contribution in [0.2, 0.25) is 0 Å². The highest BCUT2D eigenvalue weighted by molar-refractivity contribution is 5.94. The molecule has 0 unspecified atom stereocenters. The molecular formula is C15H13FN2O5. The van der Waals surface area contributed by atoms with E-state index in [0.717, 1.165) is 0 Å². The predicted octanol–water partition coefficient (Wildman–Crippen LogP) is 2.76. The van der Waals surface area contributed by atoms with Crippen molar-refractivity contribution in [3.63, 3.8) is 0 Å². The van der Waals surface area contributed by atoms with Crippen LogP contribution >= 0.6 is 0 Å². The first-order valence-electron chi connectivity index (χ1n) is 6.50. The second-order valence-electron chi connectivity index (χ2n) is 4.43. The Morgan fingerprint density at radius 2 is 1.87 bits per heavy atom. The van der Waals surface area contributed by atoms with Gasteiger partial charge in [-0.15, -0.1) is 0 Å². The Hall–Kier alpha value is -3.16. The lowest BCUT2D eigenvalue weighted by Gasteiger charge is -2.09. The van der Waals surface area contributed by atoms with Crippen LogP contribution in [-0.2, 0) is 4.79 Å². The Kier molecular flexibility index (Phi) is 5.08. The van der Waals surface area contributed by atoms with Crippen LogP contribution in [-0.4, -0.2) is 24.5 Å². The highest BCUT2D eigenvalue weighted by Gasteiger charge is 2.17. The maximum Gasteiger partial charge on any atom is 0.296 e. The van der Waals surface area contributed by atoms with E-state index in [0.29, 0.717) is 11.5 Å². The third-order valence-electron chi connectivity index (χ3n) is 2.86. The monoisotopic (exact) mass is 320 g/mol. The van der Waals surface area contributed by atoms with E-state index in [1.54, 1.807) is 0 Å². The van der Waals surface area contributed by atoms with Gasteiger partial charge >= 0.3 is 0 Å². The largest absolute Gasteiger partial charge is 0.496 e. The lowest BCUT2D eigenvalue weighted by atomic mass is 10.2. The summed E-state index contributed by atoms with van der Waals surface area (Å²) >= 11 is 0. The first-order chi connectivity index (χ1) is 11.0. The van der Waals surface area contributed by atoms with Crippen molar-refractivity contribution in [1.82, 2.24) is 0 Å². The van der Waals surface area contributed by atoms with Gasteiger partial charge in [-0.1, -0.05) is 0 Å². The number of rotatable bonds is 6. The van der Waals surface area contributed by atoms with Gasteiger partial charge in [-0.3, -0.25) is 14.9 Å². The summed E-state index contributed by atoms with van der Waals surface area (Å²) < 4.78 is 22.8. The first kappa shape index (κ1) is 16.2. The molecule has 0 radical (unpaired) electrons. The number of benzene rings is 2. The molecule has 0 fully saturated rings. The third-order valence-corrected chi connectivity index (χ3v) is 2.86. The minimum absolute atomic E-state index is 0.0310. The molecule has 0 aromatic heterocycles. The molecule has 0 aliphatic carbocycles. The van der Waals surface area contributed by atoms with E-state index in [-0.39, 0.29) is 18.0 Å². The predicted molar refractivity (Wildman–Crippen MR) is 80.2 cm³/mol. The topological polar surface area (TPSA) is 90.7 Å². The number of methoxy groups -OCH3 is 1. The van der Waals surface area contributed by atoms with E-state index >= 15 is 0 Å². The van der Waals surface area contributed by atoms with Crippen LogP contribution in [0.5, 0.6) is 11.5 Å². The van der Waals surface area contributed by atoms with Gasteiger partial charge in [0.05, 0.1) is 18.1 Å². The SMILES string of the molecule is COc1ccc(NC(=O)COc2ccc(F)cc2)c([N+](=O)[O-])c1. The molecule has 7 nitrogen and oxygen atoms in total. The van der Waals surface area contributed by atoms with Gasteiger partial charge in [0.15, 0.2) is 6.61 Å². The normalized spacial score (nSPS) is 10.0. The van der Waals surface area contributed by atoms with Gasteiger partial charge in [0.2, 0.25) is 0 Å². The summed E-state index contributed by atoms with van der Waals surface area (Å²) in [5, 5.41) is 13.4. The van der Waals surface area contributed by atoms with Crippen LogP contribution in [0.25, 0.3) is 0 Å². The molecule has 2 aromatic carbocycles. The number of amides is 1. The molecule has 0 spiro atoms. The van der Waals surface area contributed by atoms with E-state index in [1.165, 1.54) is 49.6 Å². The minimum atomic E-state index is -0.626. The van der Waals surface area contributed by atoms with E-state index in [2.05, 4.69) is 5.32 Å². The highest BCUT2D eigenvalue weighted by atomic mass is 19.1. The standard InChI is InChI=1S/C15H13FN2O5/c1-22-12-6-7-13(14(8-12)18(20)21)17-15(19)9-23-11-4-2-10(16)3-5-11/h2-8H,9H2,1H3,(H,17,19). The quantitative estimate of drug-likeness (QED) is 0.653. The van der Waals surface area contributed by atoms with E-state index in [4.69, 9.17) is 9.47 Å². The van der Waals surface area contributed by atoms with Crippen LogP contribution in [0, 0.1) is 15.9 Å². The van der Waals surface area contributed by atoms with Crippen molar-refractivity contribution in [2.24, 2.45) is 0 Å². The summed E-state index contributed by atoms with van der Waals surface area (Å²) in [5.41, 5.74) is -0.261. The lowest BCUT2D eigenvalue weighted by Crippen LogP contribution is -2.20. The first-order valence-corrected chi connectivity index (χ1v) is 6.50. The molecular weight excluding hydrogens is 307 g/mol. The van der Waals surface area contributed by atoms with Crippen molar-refractivity contribution in [1.29, 1.82) is 0 Å². The van der Waals surface area contributed by atoms with Crippen LogP contribution in [0.15, 0.2) is 42.5 Å². The number of nitro benzene ring substituents is 1. The number of hydrogen-bond donors (Lipinski definition) is 1. The smallest absolute Gasteiger partial charge is 0.296 e. The Morgan fingerprint density at radius 3 is 2.48 bits per heavy atom. The number of nitro groups is 1. The molecule has 23 heavy (non-hydrogen) atoms. The maximum absolute atomic E-state index is 12.7. The fraction of sp³-hybridized carbons (Fsp3) is 0.133. The molecule has 8 heteroatoms. The zero-order valence-corrected chi connectivity index (χ0v) is 12.1. The van der Waals surface area contributed by atoms with Crippen molar-refractivity contribution < 1.29 is 23.6 Å². The second-order valence-corrected chi connectivity index (χ2v) is 4.43. The zero-order chi connectivity index (χ0) is 16.8. The van der Waals surface area contributed by atoms with Gasteiger partial charge in [0.25, 0.3) is 11.6 Å². The number of nitrogens with zero attached hydrogens (tertiary/aromatic N) is 1. The van der Waals surface area contributed by atoms with Crippen LogP contribution in [0.4, 0.5) is 15.8 Å². The molecule has 2 aromatic rings. The number of carbonyl (C=O) groups is 1. The molecule has 0 heterocycles. The van der Waals surface area contributed by atoms with E-state index in [1.807, 2.05) is 0 Å². The molecule has 2 rings (SSSR count). The van der Waals surface area contributed by atoms with Gasteiger partial charge in [-0.2, -0.15) is 0 Å². The molecule has 0 bridgehead atoms. The summed E-state index contributed by atoms with van der Waals surface area (Å²) in [6.45, 7) is -0.366. The molecule has 0 saturated carbocycles. The van der Waals surface area contributed by atoms with Crippen LogP contribution in [0.3, 0.4) is 0 Å². The Labute approximate surface area is 130 Å². The van der Waals surface area contributed by atoms with Crippen molar-refractivity contribution in [3.05, 3.63) is 58.4 Å². The summed E-state index contributed by atoms with van der Waals surface area (Å²) in [5.74, 6) is -0.388. The molecule has 120 valence electrons. The average molecular weight is 320 g/mol. The number of nitrogens with one attached hydrogen (secondary N) is 1. The Bertz CT molecular complexity index is 718. The third kappa shape index (κ3) is 4.40. The zero-order valence-electron chi connectivity index (χ0n) is 12.1. The Balaban J connectivity index is 2.02. The number of halogens is 1. The van der Waals surface area contributed by atoms with Crippen molar-refractivity contribution >= 4 is 17.3 Å². The molecule has 0 atom stereocenters. The summed E-state index contributed by atoms with van der Waals surface area (Å²) in [6.07, 6.45) is 0. The van der Waals surface area contributed by atoms with Crippen molar-refractivity contribution in [2.45, 2.75) is 0 Å². The van der Waals surface area contributed by atoms with Crippen molar-refractivity contribution in [2.75, 3.05) is 19.0 Å². The molecule has 0 saturated heterocycles. The number of ether oxygens (including phenoxy) is 2. The number of hydrogen-bond acceptors (Lipinski definition) is 5. The minimum Gasteiger partial charge on any atom is -0.496 e. The van der Waals surface area contributed by atoms with E-state index in [9.17, 15) is 19.3 Å². The van der Waals surface area contributed by atoms with Gasteiger partial charge in [-0.25, -0.2) is 4.39 Å². The summed E-state index contributed by atoms with van der Waals surface area (Å²) in [4.78, 5) is 22.2. The van der Waals surface area contributed by atoms with E-state index < -0.39 is 16.6 Å². The average Bonchev–Trinajstić information content (AvgIpc) is 2.54. The lowest BCUT2D eigenvalue weighted by molar-refractivity contribution is -0.384. The van der Waals surface area contributed by atoms with Crippen LogP contribution in [0.1, 0.15) is 0 Å². The fourth-order valence-electron chi connectivity index (χ4n) is 1.76. The van der Waals surface area contributed by atoms with Gasteiger partial charge in [0.1, 0.15) is 23.0 Å². The number of carbonyl (C=O) groups excluding carboxylic acids is 1. The van der Waals surface area contributed by atoms with Gasteiger partial charge in [0, 0.05) is 0 Å². The fourth-order valence-corrected chi connectivity index (χ4v) is 1.76. The molecule has 0 aliphatic rings. The summed E-state index contributed by atoms with van der Waals surface area (Å²) in [7, 11) is 1.38. The molecule has 0 aliphatic heterocycles. The molecule has 1 N–H and O–H groups in total. The maximum atomic E-state index is 12.7. The second kappa shape index (κ2) is 7.21.